The van der Waals surface area contributed by atoms with E-state index in [1.165, 1.54) is 0 Å². The third kappa shape index (κ3) is 4.26. The molecule has 0 aliphatic rings. The Labute approximate surface area is 112 Å². The van der Waals surface area contributed by atoms with Crippen LogP contribution >= 0.6 is 0 Å². The smallest absolute Gasteiger partial charge is 0.466 e. The fraction of sp³-hybridized carbons (Fsp3) is 0.455. The van der Waals surface area contributed by atoms with E-state index in [0.29, 0.717) is 5.56 Å². The molecular formula is C11H14F3N3O3. The first kappa shape index (κ1) is 16.0. The zero-order valence-electron chi connectivity index (χ0n) is 10.7. The van der Waals surface area contributed by atoms with Crippen molar-refractivity contribution >= 4 is 11.7 Å². The molecule has 0 saturated carbocycles. The largest absolute Gasteiger partial charge is 0.574 e. The second kappa shape index (κ2) is 6.42. The number of rotatable bonds is 5. The normalized spacial score (nSPS) is 11.2. The number of nitrogens with two attached hydrogens (primary N) is 2. The number of nitrogen functional groups attached to an aromatic ring is 1. The summed E-state index contributed by atoms with van der Waals surface area (Å²) in [5.41, 5.74) is 11.1. The van der Waals surface area contributed by atoms with E-state index in [1.54, 1.807) is 6.92 Å². The third-order valence-electron chi connectivity index (χ3n) is 2.34. The monoisotopic (exact) mass is 293 g/mol. The van der Waals surface area contributed by atoms with Crippen LogP contribution in [0.3, 0.4) is 0 Å². The molecule has 0 aromatic carbocycles. The van der Waals surface area contributed by atoms with Gasteiger partial charge in [0.2, 0.25) is 5.88 Å². The average Bonchev–Trinajstić information content (AvgIpc) is 2.32. The van der Waals surface area contributed by atoms with Crippen LogP contribution in [-0.2, 0) is 22.5 Å². The number of esters is 1. The average molecular weight is 293 g/mol. The molecule has 0 radical (unpaired) electrons. The number of hydrogen-bond acceptors (Lipinski definition) is 6. The van der Waals surface area contributed by atoms with E-state index in [9.17, 15) is 18.0 Å². The second-order valence-corrected chi connectivity index (χ2v) is 3.71. The maximum atomic E-state index is 12.1. The number of alkyl halides is 3. The fourth-order valence-electron chi connectivity index (χ4n) is 1.54. The number of nitrogens with zero attached hydrogens (tertiary/aromatic N) is 1. The molecule has 0 bridgehead atoms. The minimum Gasteiger partial charge on any atom is -0.466 e. The molecule has 0 aliphatic carbocycles. The van der Waals surface area contributed by atoms with E-state index in [0.717, 1.165) is 6.20 Å². The molecule has 4 N–H and O–H groups in total. The second-order valence-electron chi connectivity index (χ2n) is 3.71. The van der Waals surface area contributed by atoms with Gasteiger partial charge in [0.15, 0.2) is 0 Å². The highest BCUT2D eigenvalue weighted by Gasteiger charge is 2.33. The van der Waals surface area contributed by atoms with Crippen molar-refractivity contribution in [2.75, 3.05) is 12.3 Å². The van der Waals surface area contributed by atoms with Gasteiger partial charge >= 0.3 is 12.3 Å². The van der Waals surface area contributed by atoms with Crippen molar-refractivity contribution in [1.82, 2.24) is 4.98 Å². The zero-order valence-corrected chi connectivity index (χ0v) is 10.7. The molecule has 6 nitrogen and oxygen atoms in total. The molecule has 1 heterocycles. The Hall–Kier alpha value is -2.03. The molecule has 0 unspecified atom stereocenters. The van der Waals surface area contributed by atoms with Crippen molar-refractivity contribution < 1.29 is 27.4 Å². The molecule has 9 heteroatoms. The summed E-state index contributed by atoms with van der Waals surface area (Å²) in [6.45, 7) is 1.67. The summed E-state index contributed by atoms with van der Waals surface area (Å²) in [5, 5.41) is 0. The van der Waals surface area contributed by atoms with Crippen LogP contribution in [0.1, 0.15) is 18.1 Å². The molecule has 0 atom stereocenters. The first-order valence-electron chi connectivity index (χ1n) is 5.66. The van der Waals surface area contributed by atoms with Crippen molar-refractivity contribution in [3.8, 4) is 5.88 Å². The lowest BCUT2D eigenvalue weighted by atomic mass is 10.1. The van der Waals surface area contributed by atoms with E-state index in [-0.39, 0.29) is 30.8 Å². The number of pyridine rings is 1. The van der Waals surface area contributed by atoms with Crippen LogP contribution in [0.25, 0.3) is 0 Å². The highest BCUT2D eigenvalue weighted by molar-refractivity contribution is 5.74. The summed E-state index contributed by atoms with van der Waals surface area (Å²) in [4.78, 5) is 14.8. The Balaban J connectivity index is 3.05. The SMILES string of the molecule is CCOC(=O)Cc1cnc(OC(F)(F)F)c(N)c1CN. The number of hydrogen-bond donors (Lipinski definition) is 2. The van der Waals surface area contributed by atoms with E-state index in [2.05, 4.69) is 9.72 Å². The van der Waals surface area contributed by atoms with Crippen LogP contribution in [-0.4, -0.2) is 23.9 Å². The predicted octanol–water partition coefficient (Wildman–Crippen LogP) is 1.13. The van der Waals surface area contributed by atoms with Crippen LogP contribution in [0.5, 0.6) is 5.88 Å². The van der Waals surface area contributed by atoms with Crippen molar-refractivity contribution in [1.29, 1.82) is 0 Å². The Morgan fingerprint density at radius 1 is 1.45 bits per heavy atom. The van der Waals surface area contributed by atoms with E-state index in [1.807, 2.05) is 0 Å². The number of carbonyl (C=O) groups is 1. The van der Waals surface area contributed by atoms with E-state index in [4.69, 9.17) is 16.2 Å². The molecule has 112 valence electrons. The van der Waals surface area contributed by atoms with Crippen molar-refractivity contribution in [3.63, 3.8) is 0 Å². The summed E-state index contributed by atoms with van der Waals surface area (Å²) in [6.07, 6.45) is -4.02. The quantitative estimate of drug-likeness (QED) is 0.789. The van der Waals surface area contributed by atoms with Crippen LogP contribution in [0.2, 0.25) is 0 Å². The first-order valence-corrected chi connectivity index (χ1v) is 5.66. The standard InChI is InChI=1S/C11H14F3N3O3/c1-2-19-8(18)3-6-5-17-10(20-11(12,13)14)9(16)7(6)4-15/h5H,2-4,15-16H2,1H3. The van der Waals surface area contributed by atoms with Gasteiger partial charge in [-0.05, 0) is 18.1 Å². The van der Waals surface area contributed by atoms with Crippen molar-refractivity contribution in [2.24, 2.45) is 5.73 Å². The van der Waals surface area contributed by atoms with Crippen molar-refractivity contribution in [3.05, 3.63) is 17.3 Å². The number of halogens is 3. The fourth-order valence-corrected chi connectivity index (χ4v) is 1.54. The van der Waals surface area contributed by atoms with Gasteiger partial charge in [0.25, 0.3) is 0 Å². The first-order chi connectivity index (χ1) is 9.28. The van der Waals surface area contributed by atoms with Gasteiger partial charge in [0.1, 0.15) is 0 Å². The summed E-state index contributed by atoms with van der Waals surface area (Å²) in [7, 11) is 0. The maximum Gasteiger partial charge on any atom is 0.574 e. The van der Waals surface area contributed by atoms with Crippen LogP contribution in [0, 0.1) is 0 Å². The number of anilines is 1. The highest BCUT2D eigenvalue weighted by Crippen LogP contribution is 2.30. The summed E-state index contributed by atoms with van der Waals surface area (Å²) >= 11 is 0. The van der Waals surface area contributed by atoms with Gasteiger partial charge in [-0.2, -0.15) is 0 Å². The molecule has 0 fully saturated rings. The lowest BCUT2D eigenvalue weighted by molar-refractivity contribution is -0.275. The summed E-state index contributed by atoms with van der Waals surface area (Å²) < 4.78 is 44.8. The number of ether oxygens (including phenoxy) is 2. The Morgan fingerprint density at radius 3 is 2.60 bits per heavy atom. The highest BCUT2D eigenvalue weighted by atomic mass is 19.4. The van der Waals surface area contributed by atoms with Gasteiger partial charge in [-0.1, -0.05) is 0 Å². The zero-order chi connectivity index (χ0) is 15.3. The summed E-state index contributed by atoms with van der Waals surface area (Å²) in [5.74, 6) is -1.33. The molecule has 1 aromatic rings. The third-order valence-corrected chi connectivity index (χ3v) is 2.34. The van der Waals surface area contributed by atoms with Crippen molar-refractivity contribution in [2.45, 2.75) is 26.3 Å². The van der Waals surface area contributed by atoms with Crippen LogP contribution in [0.15, 0.2) is 6.20 Å². The Morgan fingerprint density at radius 2 is 2.10 bits per heavy atom. The molecule has 0 amide bonds. The lowest BCUT2D eigenvalue weighted by Gasteiger charge is -2.15. The van der Waals surface area contributed by atoms with Gasteiger partial charge in [-0.25, -0.2) is 4.98 Å². The minimum atomic E-state index is -4.91. The Bertz CT molecular complexity index is 492. The van der Waals surface area contributed by atoms with Crippen LogP contribution in [0.4, 0.5) is 18.9 Å². The van der Waals surface area contributed by atoms with E-state index >= 15 is 0 Å². The van der Waals surface area contributed by atoms with Gasteiger partial charge in [-0.3, -0.25) is 4.79 Å². The summed E-state index contributed by atoms with van der Waals surface area (Å²) in [6, 6.07) is 0. The molecule has 0 aliphatic heterocycles. The molecular weight excluding hydrogens is 279 g/mol. The topological polar surface area (TPSA) is 100 Å². The molecule has 0 spiro atoms. The number of carbonyl (C=O) groups excluding carboxylic acids is 1. The van der Waals surface area contributed by atoms with Gasteiger partial charge in [0.05, 0.1) is 18.7 Å². The predicted molar refractivity (Wildman–Crippen MR) is 63.6 cm³/mol. The minimum absolute atomic E-state index is 0.155. The lowest BCUT2D eigenvalue weighted by Crippen LogP contribution is -2.20. The maximum absolute atomic E-state index is 12.1. The van der Waals surface area contributed by atoms with Gasteiger partial charge in [0, 0.05) is 12.7 Å². The van der Waals surface area contributed by atoms with Crippen LogP contribution < -0.4 is 16.2 Å². The number of aromatic nitrogens is 1. The van der Waals surface area contributed by atoms with Gasteiger partial charge < -0.3 is 20.9 Å². The molecule has 1 aromatic heterocycles. The van der Waals surface area contributed by atoms with E-state index < -0.39 is 18.2 Å². The molecule has 1 rings (SSSR count). The molecule has 0 saturated heterocycles. The van der Waals surface area contributed by atoms with Gasteiger partial charge in [-0.15, -0.1) is 13.2 Å². The molecule has 20 heavy (non-hydrogen) atoms. The Kier molecular flexibility index (Phi) is 5.14.